The standard InChI is InChI=1S/C21H46O12Si/c1-22-4-7-25-10-13-28-16-19-31-34(32-20-17-29-14-11-26-8-5-23-2)33-21-18-30-15-12-27-9-6-24-3/h34H,4-21H2,1-3H3. The molecule has 0 rings (SSSR count). The van der Waals surface area contributed by atoms with Gasteiger partial charge in [-0.3, -0.25) is 0 Å². The average molecular weight is 519 g/mol. The van der Waals surface area contributed by atoms with Gasteiger partial charge in [-0.1, -0.05) is 0 Å². The molecule has 0 fully saturated rings. The molecule has 12 nitrogen and oxygen atoms in total. The summed E-state index contributed by atoms with van der Waals surface area (Å²) in [5.74, 6) is 0. The highest BCUT2D eigenvalue weighted by molar-refractivity contribution is 6.36. The zero-order valence-electron chi connectivity index (χ0n) is 21.2. The van der Waals surface area contributed by atoms with E-state index in [9.17, 15) is 0 Å². The van der Waals surface area contributed by atoms with Crippen LogP contribution in [0.25, 0.3) is 0 Å². The van der Waals surface area contributed by atoms with E-state index in [0.717, 1.165) is 0 Å². The Morgan fingerprint density at radius 1 is 0.294 bits per heavy atom. The van der Waals surface area contributed by atoms with Crippen molar-refractivity contribution in [1.29, 1.82) is 0 Å². The second-order valence-electron chi connectivity index (χ2n) is 6.55. The summed E-state index contributed by atoms with van der Waals surface area (Å²) in [7, 11) is 2.57. The Labute approximate surface area is 206 Å². The molecule has 0 aliphatic rings. The lowest BCUT2D eigenvalue weighted by molar-refractivity contribution is -0.00947. The van der Waals surface area contributed by atoms with Crippen LogP contribution >= 0.6 is 0 Å². The highest BCUT2D eigenvalue weighted by Gasteiger charge is 2.15. The number of hydrogen-bond acceptors (Lipinski definition) is 12. The summed E-state index contributed by atoms with van der Waals surface area (Å²) in [5, 5.41) is 0. The van der Waals surface area contributed by atoms with E-state index in [1.54, 1.807) is 21.3 Å². The fourth-order valence-corrected chi connectivity index (χ4v) is 3.30. The number of methoxy groups -OCH3 is 3. The van der Waals surface area contributed by atoms with Crippen molar-refractivity contribution in [3.05, 3.63) is 0 Å². The quantitative estimate of drug-likeness (QED) is 0.0927. The molecular weight excluding hydrogens is 472 g/mol. The van der Waals surface area contributed by atoms with Gasteiger partial charge >= 0.3 is 9.53 Å². The first-order valence-electron chi connectivity index (χ1n) is 11.6. The second kappa shape index (κ2) is 30.8. The molecule has 0 spiro atoms. The molecule has 0 amide bonds. The average Bonchev–Trinajstić information content (AvgIpc) is 2.85. The van der Waals surface area contributed by atoms with Crippen molar-refractivity contribution >= 4 is 9.53 Å². The SMILES string of the molecule is COCCOCCOCCO[SiH](OCCOCCOCCOC)OCCOCCOCCOC. The maximum atomic E-state index is 5.75. The summed E-state index contributed by atoms with van der Waals surface area (Å²) in [6.45, 7) is 8.75. The van der Waals surface area contributed by atoms with E-state index in [0.29, 0.717) is 119 Å². The highest BCUT2D eigenvalue weighted by Crippen LogP contribution is 1.95. The van der Waals surface area contributed by atoms with Crippen molar-refractivity contribution < 1.29 is 55.9 Å². The van der Waals surface area contributed by atoms with Crippen molar-refractivity contribution in [2.24, 2.45) is 0 Å². The van der Waals surface area contributed by atoms with Crippen molar-refractivity contribution in [2.45, 2.75) is 0 Å². The van der Waals surface area contributed by atoms with Gasteiger partial charge < -0.3 is 55.9 Å². The van der Waals surface area contributed by atoms with Crippen LogP contribution in [0, 0.1) is 0 Å². The number of ether oxygens (including phenoxy) is 9. The predicted molar refractivity (Wildman–Crippen MR) is 126 cm³/mol. The van der Waals surface area contributed by atoms with Gasteiger partial charge in [0.05, 0.1) is 119 Å². The fourth-order valence-electron chi connectivity index (χ4n) is 2.15. The van der Waals surface area contributed by atoms with E-state index < -0.39 is 9.53 Å². The van der Waals surface area contributed by atoms with Gasteiger partial charge in [-0.15, -0.1) is 0 Å². The molecule has 34 heavy (non-hydrogen) atoms. The summed E-state index contributed by atoms with van der Waals surface area (Å²) >= 11 is 0. The monoisotopic (exact) mass is 518 g/mol. The minimum absolute atomic E-state index is 0.372. The van der Waals surface area contributed by atoms with E-state index in [1.165, 1.54) is 0 Å². The molecule has 13 heteroatoms. The Hall–Kier alpha value is -0.263. The zero-order chi connectivity index (χ0) is 24.8. The minimum Gasteiger partial charge on any atom is -0.382 e. The molecule has 206 valence electrons. The molecule has 0 heterocycles. The third kappa shape index (κ3) is 28.0. The van der Waals surface area contributed by atoms with Crippen LogP contribution in [0.4, 0.5) is 0 Å². The molecule has 0 aromatic rings. The van der Waals surface area contributed by atoms with Crippen molar-refractivity contribution in [3.63, 3.8) is 0 Å². The first-order chi connectivity index (χ1) is 16.8. The normalized spacial score (nSPS) is 11.6. The topological polar surface area (TPSA) is 111 Å². The Morgan fingerprint density at radius 3 is 0.735 bits per heavy atom. The van der Waals surface area contributed by atoms with E-state index in [2.05, 4.69) is 0 Å². The summed E-state index contributed by atoms with van der Waals surface area (Å²) < 4.78 is 64.5. The molecule has 0 unspecified atom stereocenters. The van der Waals surface area contributed by atoms with Crippen molar-refractivity contribution in [3.8, 4) is 0 Å². The van der Waals surface area contributed by atoms with Crippen LogP contribution in [0.15, 0.2) is 0 Å². The van der Waals surface area contributed by atoms with Crippen molar-refractivity contribution in [1.82, 2.24) is 0 Å². The van der Waals surface area contributed by atoms with Gasteiger partial charge in [-0.2, -0.15) is 0 Å². The van der Waals surface area contributed by atoms with Crippen LogP contribution in [-0.4, -0.2) is 150 Å². The largest absolute Gasteiger partial charge is 0.484 e. The van der Waals surface area contributed by atoms with Gasteiger partial charge in [-0.05, 0) is 0 Å². The van der Waals surface area contributed by atoms with Crippen LogP contribution in [0.2, 0.25) is 0 Å². The molecule has 0 N–H and O–H groups in total. The van der Waals surface area contributed by atoms with Crippen molar-refractivity contribution in [2.75, 3.05) is 140 Å². The molecule has 0 bridgehead atoms. The fraction of sp³-hybridized carbons (Fsp3) is 1.00. The second-order valence-corrected chi connectivity index (χ2v) is 8.13. The summed E-state index contributed by atoms with van der Waals surface area (Å²) in [6.07, 6.45) is 0. The zero-order valence-corrected chi connectivity index (χ0v) is 22.4. The third-order valence-electron chi connectivity index (χ3n) is 3.86. The van der Waals surface area contributed by atoms with E-state index in [4.69, 9.17) is 55.9 Å². The highest BCUT2D eigenvalue weighted by atomic mass is 28.3. The molecule has 0 aliphatic carbocycles. The lowest BCUT2D eigenvalue weighted by Crippen LogP contribution is -2.32. The first kappa shape index (κ1) is 33.7. The molecule has 0 radical (unpaired) electrons. The van der Waals surface area contributed by atoms with Gasteiger partial charge in [0.1, 0.15) is 0 Å². The van der Waals surface area contributed by atoms with E-state index in [-0.39, 0.29) is 0 Å². The lowest BCUT2D eigenvalue weighted by Gasteiger charge is -2.17. The van der Waals surface area contributed by atoms with Gasteiger partial charge in [0.25, 0.3) is 0 Å². The Bertz CT molecular complexity index is 318. The van der Waals surface area contributed by atoms with Gasteiger partial charge in [0.2, 0.25) is 0 Å². The molecule has 0 saturated carbocycles. The van der Waals surface area contributed by atoms with E-state index in [1.807, 2.05) is 0 Å². The minimum atomic E-state index is -2.34. The molecular formula is C21H46O12Si. The van der Waals surface area contributed by atoms with Crippen LogP contribution in [0.3, 0.4) is 0 Å². The van der Waals surface area contributed by atoms with Gasteiger partial charge in [-0.25, -0.2) is 0 Å². The van der Waals surface area contributed by atoms with Crippen LogP contribution < -0.4 is 0 Å². The van der Waals surface area contributed by atoms with Crippen LogP contribution in [-0.2, 0) is 55.9 Å². The molecule has 0 aromatic heterocycles. The van der Waals surface area contributed by atoms with Crippen LogP contribution in [0.5, 0.6) is 0 Å². The molecule has 0 atom stereocenters. The maximum Gasteiger partial charge on any atom is 0.484 e. The van der Waals surface area contributed by atoms with Crippen LogP contribution in [0.1, 0.15) is 0 Å². The number of hydrogen-bond donors (Lipinski definition) is 0. The summed E-state index contributed by atoms with van der Waals surface area (Å²) in [4.78, 5) is 0. The Kier molecular flexibility index (Phi) is 30.5. The molecule has 0 saturated heterocycles. The lowest BCUT2D eigenvalue weighted by atomic mass is 10.7. The smallest absolute Gasteiger partial charge is 0.382 e. The summed E-state index contributed by atoms with van der Waals surface area (Å²) in [5.41, 5.74) is 0. The first-order valence-corrected chi connectivity index (χ1v) is 13.0. The summed E-state index contributed by atoms with van der Waals surface area (Å²) in [6, 6.07) is 0. The number of rotatable bonds is 30. The molecule has 0 aliphatic heterocycles. The van der Waals surface area contributed by atoms with Gasteiger partial charge in [0.15, 0.2) is 0 Å². The molecule has 0 aromatic carbocycles. The Morgan fingerprint density at radius 2 is 0.500 bits per heavy atom. The van der Waals surface area contributed by atoms with Gasteiger partial charge in [0, 0.05) is 21.3 Å². The Balaban J connectivity index is 3.85. The maximum absolute atomic E-state index is 5.75. The predicted octanol–water partition coefficient (Wildman–Crippen LogP) is -0.208. The van der Waals surface area contributed by atoms with E-state index >= 15 is 0 Å². The third-order valence-corrected chi connectivity index (χ3v) is 5.38.